The van der Waals surface area contributed by atoms with Crippen LogP contribution in [0.25, 0.3) is 0 Å². The van der Waals surface area contributed by atoms with Crippen LogP contribution in [-0.2, 0) is 17.7 Å². The topological polar surface area (TPSA) is 66.0 Å². The molecule has 5 nitrogen and oxygen atoms in total. The maximum absolute atomic E-state index is 5.71. The summed E-state index contributed by atoms with van der Waals surface area (Å²) in [5.74, 6) is 0.548. The summed E-state index contributed by atoms with van der Waals surface area (Å²) in [6.45, 7) is 5.58. The molecule has 20 heavy (non-hydrogen) atoms. The van der Waals surface area contributed by atoms with E-state index in [2.05, 4.69) is 21.9 Å². The van der Waals surface area contributed by atoms with Crippen LogP contribution in [0.15, 0.2) is 0 Å². The first-order valence-corrected chi connectivity index (χ1v) is 8.06. The third kappa shape index (κ3) is 4.03. The van der Waals surface area contributed by atoms with Gasteiger partial charge in [0.2, 0.25) is 0 Å². The average molecular weight is 280 g/mol. The number of unbranched alkanes of at least 4 members (excludes halogenated alkanes) is 3. The number of rotatable bonds is 8. The lowest BCUT2D eigenvalue weighted by molar-refractivity contribution is 0.0832. The monoisotopic (exact) mass is 280 g/mol. The lowest BCUT2D eigenvalue weighted by Crippen LogP contribution is -2.20. The van der Waals surface area contributed by atoms with E-state index in [1.807, 2.05) is 0 Å². The molecule has 0 radical (unpaired) electrons. The van der Waals surface area contributed by atoms with Gasteiger partial charge in [-0.05, 0) is 25.8 Å². The van der Waals surface area contributed by atoms with Crippen molar-refractivity contribution >= 4 is 0 Å². The molecule has 0 unspecified atom stereocenters. The second kappa shape index (κ2) is 8.37. The van der Waals surface area contributed by atoms with Crippen molar-refractivity contribution in [2.45, 2.75) is 64.3 Å². The van der Waals surface area contributed by atoms with E-state index in [-0.39, 0.29) is 0 Å². The maximum atomic E-state index is 5.71. The molecular weight excluding hydrogens is 252 g/mol. The lowest BCUT2D eigenvalue weighted by Gasteiger charge is -2.23. The number of nitrogens with two attached hydrogens (primary N) is 1. The average Bonchev–Trinajstić information content (AvgIpc) is 2.88. The molecule has 0 spiro atoms. The molecule has 2 N–H and O–H groups in total. The number of nitrogens with zero attached hydrogens (tertiary/aromatic N) is 3. The molecule has 1 aliphatic heterocycles. The van der Waals surface area contributed by atoms with Gasteiger partial charge in [-0.2, -0.15) is 0 Å². The molecule has 0 aromatic carbocycles. The van der Waals surface area contributed by atoms with Crippen LogP contribution in [0.2, 0.25) is 0 Å². The molecule has 1 aliphatic rings. The van der Waals surface area contributed by atoms with Gasteiger partial charge in [-0.25, -0.2) is 4.68 Å². The molecule has 5 heteroatoms. The third-order valence-corrected chi connectivity index (χ3v) is 4.06. The Balaban J connectivity index is 2.05. The van der Waals surface area contributed by atoms with Crippen LogP contribution in [-0.4, -0.2) is 34.8 Å². The van der Waals surface area contributed by atoms with Crippen LogP contribution >= 0.6 is 0 Å². The van der Waals surface area contributed by atoms with Crippen LogP contribution in [0.3, 0.4) is 0 Å². The summed E-state index contributed by atoms with van der Waals surface area (Å²) < 4.78 is 7.61. The second-order valence-electron chi connectivity index (χ2n) is 5.63. The first-order valence-electron chi connectivity index (χ1n) is 8.06. The fourth-order valence-electron chi connectivity index (χ4n) is 2.94. The smallest absolute Gasteiger partial charge is 0.0874 e. The zero-order valence-electron chi connectivity index (χ0n) is 12.7. The summed E-state index contributed by atoms with van der Waals surface area (Å²) in [6, 6.07) is 0. The minimum absolute atomic E-state index is 0.548. The van der Waals surface area contributed by atoms with E-state index in [0.29, 0.717) is 12.5 Å². The van der Waals surface area contributed by atoms with E-state index in [1.54, 1.807) is 0 Å². The Hall–Kier alpha value is -0.940. The van der Waals surface area contributed by atoms with Gasteiger partial charge in [0.1, 0.15) is 0 Å². The van der Waals surface area contributed by atoms with Crippen LogP contribution in [0.5, 0.6) is 0 Å². The Kier molecular flexibility index (Phi) is 6.47. The van der Waals surface area contributed by atoms with Crippen LogP contribution < -0.4 is 5.73 Å². The van der Waals surface area contributed by atoms with Gasteiger partial charge in [-0.15, -0.1) is 5.10 Å². The fraction of sp³-hybridized carbons (Fsp3) is 0.867. The van der Waals surface area contributed by atoms with Gasteiger partial charge in [-0.1, -0.05) is 31.4 Å². The van der Waals surface area contributed by atoms with Crippen molar-refractivity contribution < 1.29 is 4.74 Å². The summed E-state index contributed by atoms with van der Waals surface area (Å²) in [4.78, 5) is 0. The van der Waals surface area contributed by atoms with Crippen molar-refractivity contribution in [1.82, 2.24) is 15.0 Å². The van der Waals surface area contributed by atoms with Crippen molar-refractivity contribution in [3.8, 4) is 0 Å². The van der Waals surface area contributed by atoms with E-state index >= 15 is 0 Å². The number of aromatic nitrogens is 3. The van der Waals surface area contributed by atoms with Crippen LogP contribution in [0, 0.1) is 0 Å². The van der Waals surface area contributed by atoms with Crippen molar-refractivity contribution in [3.63, 3.8) is 0 Å². The summed E-state index contributed by atoms with van der Waals surface area (Å²) in [7, 11) is 0. The van der Waals surface area contributed by atoms with Crippen molar-refractivity contribution in [2.24, 2.45) is 5.73 Å². The lowest BCUT2D eigenvalue weighted by atomic mass is 9.94. The minimum atomic E-state index is 0.548. The van der Waals surface area contributed by atoms with E-state index in [0.717, 1.165) is 44.7 Å². The number of hydrogen-bond acceptors (Lipinski definition) is 4. The predicted octanol–water partition coefficient (Wildman–Crippen LogP) is 2.25. The van der Waals surface area contributed by atoms with E-state index in [4.69, 9.17) is 10.5 Å². The number of ether oxygens (including phenoxy) is 1. The Labute approximate surface area is 121 Å². The Morgan fingerprint density at radius 1 is 1.25 bits per heavy atom. The Bertz CT molecular complexity index is 385. The normalized spacial score (nSPS) is 16.7. The molecule has 0 saturated carbocycles. The molecule has 1 saturated heterocycles. The number of hydrogen-bond donors (Lipinski definition) is 1. The molecule has 1 fully saturated rings. The van der Waals surface area contributed by atoms with E-state index in [9.17, 15) is 0 Å². The highest BCUT2D eigenvalue weighted by Gasteiger charge is 2.24. The highest BCUT2D eigenvalue weighted by atomic mass is 16.5. The van der Waals surface area contributed by atoms with Crippen molar-refractivity contribution in [2.75, 3.05) is 19.8 Å². The molecule has 0 bridgehead atoms. The quantitative estimate of drug-likeness (QED) is 0.742. The largest absolute Gasteiger partial charge is 0.381 e. The van der Waals surface area contributed by atoms with Crippen molar-refractivity contribution in [3.05, 3.63) is 11.4 Å². The Morgan fingerprint density at radius 3 is 2.75 bits per heavy atom. The zero-order valence-corrected chi connectivity index (χ0v) is 12.7. The number of aryl methyl sites for hydroxylation is 1. The summed E-state index contributed by atoms with van der Waals surface area (Å²) in [6.07, 6.45) is 8.03. The predicted molar refractivity (Wildman–Crippen MR) is 79.7 cm³/mol. The third-order valence-electron chi connectivity index (χ3n) is 4.06. The zero-order chi connectivity index (χ0) is 14.2. The fourth-order valence-corrected chi connectivity index (χ4v) is 2.94. The van der Waals surface area contributed by atoms with Crippen LogP contribution in [0.1, 0.15) is 62.8 Å². The Morgan fingerprint density at radius 2 is 2.05 bits per heavy atom. The van der Waals surface area contributed by atoms with Gasteiger partial charge >= 0.3 is 0 Å². The first kappa shape index (κ1) is 15.4. The van der Waals surface area contributed by atoms with Gasteiger partial charge in [0.25, 0.3) is 0 Å². The molecule has 114 valence electrons. The van der Waals surface area contributed by atoms with E-state index in [1.165, 1.54) is 31.4 Å². The maximum Gasteiger partial charge on any atom is 0.0874 e. The molecule has 0 aliphatic carbocycles. The molecule has 0 atom stereocenters. The van der Waals surface area contributed by atoms with Gasteiger partial charge in [0.15, 0.2) is 0 Å². The first-order chi connectivity index (χ1) is 9.86. The molecule has 1 aromatic heterocycles. The summed E-state index contributed by atoms with van der Waals surface area (Å²) >= 11 is 0. The minimum Gasteiger partial charge on any atom is -0.381 e. The van der Waals surface area contributed by atoms with Gasteiger partial charge in [0.05, 0.1) is 11.4 Å². The molecule has 0 amide bonds. The highest BCUT2D eigenvalue weighted by molar-refractivity contribution is 5.17. The molecule has 2 rings (SSSR count). The van der Waals surface area contributed by atoms with Gasteiger partial charge < -0.3 is 10.5 Å². The molecule has 1 aromatic rings. The standard InChI is InChI=1S/C15H28N4O/c1-2-3-4-5-10-19-15(13-7-11-20-12-8-13)14(6-9-16)17-18-19/h13H,2-12,16H2,1H3. The van der Waals surface area contributed by atoms with Gasteiger partial charge in [0, 0.05) is 32.1 Å². The second-order valence-corrected chi connectivity index (χ2v) is 5.63. The van der Waals surface area contributed by atoms with Gasteiger partial charge in [-0.3, -0.25) is 0 Å². The van der Waals surface area contributed by atoms with E-state index < -0.39 is 0 Å². The summed E-state index contributed by atoms with van der Waals surface area (Å²) in [5.41, 5.74) is 8.14. The summed E-state index contributed by atoms with van der Waals surface area (Å²) in [5, 5.41) is 8.75. The highest BCUT2D eigenvalue weighted by Crippen LogP contribution is 2.29. The molecule has 2 heterocycles. The van der Waals surface area contributed by atoms with Crippen LogP contribution in [0.4, 0.5) is 0 Å². The van der Waals surface area contributed by atoms with Crippen molar-refractivity contribution in [1.29, 1.82) is 0 Å². The SMILES string of the molecule is CCCCCCn1nnc(CCN)c1C1CCOCC1. The molecular formula is C15H28N4O.